The van der Waals surface area contributed by atoms with E-state index in [-0.39, 0.29) is 11.5 Å². The standard InChI is InChI=1S/C13H16N2O4/c16-13(4-5-14-6-8-19-9-7-14)11-2-1-3-12(10-11)15(17)18/h1-3,10H,4-9H2. The van der Waals surface area contributed by atoms with Crippen LogP contribution in [0.25, 0.3) is 0 Å². The molecule has 2 rings (SSSR count). The van der Waals surface area contributed by atoms with Crippen LogP contribution in [0.3, 0.4) is 0 Å². The molecular formula is C13H16N2O4. The number of Topliss-reactive ketones (excluding diaryl/α,β-unsaturated/α-hetero) is 1. The van der Waals surface area contributed by atoms with Gasteiger partial charge in [-0.1, -0.05) is 12.1 Å². The summed E-state index contributed by atoms with van der Waals surface area (Å²) in [5.74, 6) is -0.0600. The Bertz CT molecular complexity index is 469. The summed E-state index contributed by atoms with van der Waals surface area (Å²) in [4.78, 5) is 24.3. The van der Waals surface area contributed by atoms with Crippen molar-refractivity contribution < 1.29 is 14.5 Å². The first-order chi connectivity index (χ1) is 9.16. The quantitative estimate of drug-likeness (QED) is 0.458. The molecule has 0 spiro atoms. The second-order valence-corrected chi connectivity index (χ2v) is 4.43. The van der Waals surface area contributed by atoms with Crippen molar-refractivity contribution >= 4 is 11.5 Å². The number of carbonyl (C=O) groups excluding carboxylic acids is 1. The SMILES string of the molecule is O=C(CCN1CCOCC1)c1cccc([N+](=O)[O-])c1. The number of nitro benzene ring substituents is 1. The maximum atomic E-state index is 12.0. The molecule has 0 atom stereocenters. The van der Waals surface area contributed by atoms with Gasteiger partial charge in [0.2, 0.25) is 0 Å². The summed E-state index contributed by atoms with van der Waals surface area (Å²) < 4.78 is 5.23. The highest BCUT2D eigenvalue weighted by atomic mass is 16.6. The maximum Gasteiger partial charge on any atom is 0.270 e. The number of ether oxygens (including phenoxy) is 1. The number of ketones is 1. The zero-order valence-corrected chi connectivity index (χ0v) is 10.6. The van der Waals surface area contributed by atoms with Crippen LogP contribution in [-0.4, -0.2) is 48.5 Å². The molecule has 0 saturated carbocycles. The monoisotopic (exact) mass is 264 g/mol. The molecule has 1 saturated heterocycles. The van der Waals surface area contributed by atoms with E-state index >= 15 is 0 Å². The van der Waals surface area contributed by atoms with E-state index in [0.29, 0.717) is 31.7 Å². The lowest BCUT2D eigenvalue weighted by atomic mass is 10.1. The lowest BCUT2D eigenvalue weighted by Crippen LogP contribution is -2.37. The number of non-ortho nitro benzene ring substituents is 1. The molecule has 1 aromatic carbocycles. The molecule has 1 aliphatic rings. The third kappa shape index (κ3) is 3.84. The summed E-state index contributed by atoms with van der Waals surface area (Å²) in [6.45, 7) is 3.74. The topological polar surface area (TPSA) is 72.7 Å². The molecule has 1 fully saturated rings. The molecule has 1 heterocycles. The van der Waals surface area contributed by atoms with Crippen molar-refractivity contribution in [3.05, 3.63) is 39.9 Å². The Labute approximate surface area is 111 Å². The van der Waals surface area contributed by atoms with E-state index < -0.39 is 4.92 Å². The summed E-state index contributed by atoms with van der Waals surface area (Å²) in [5.41, 5.74) is 0.361. The summed E-state index contributed by atoms with van der Waals surface area (Å²) in [7, 11) is 0. The average Bonchev–Trinajstić information content (AvgIpc) is 2.46. The van der Waals surface area contributed by atoms with E-state index in [9.17, 15) is 14.9 Å². The summed E-state index contributed by atoms with van der Waals surface area (Å²) in [6.07, 6.45) is 0.376. The normalized spacial score (nSPS) is 16.2. The van der Waals surface area contributed by atoms with Crippen molar-refractivity contribution in [2.75, 3.05) is 32.8 Å². The number of carbonyl (C=O) groups is 1. The van der Waals surface area contributed by atoms with Gasteiger partial charge in [-0.05, 0) is 0 Å². The molecule has 0 aromatic heterocycles. The van der Waals surface area contributed by atoms with Gasteiger partial charge in [0.15, 0.2) is 5.78 Å². The van der Waals surface area contributed by atoms with Crippen LogP contribution in [0.1, 0.15) is 16.8 Å². The highest BCUT2D eigenvalue weighted by Crippen LogP contribution is 2.14. The predicted molar refractivity (Wildman–Crippen MR) is 69.3 cm³/mol. The number of rotatable bonds is 5. The van der Waals surface area contributed by atoms with Gasteiger partial charge in [0.25, 0.3) is 5.69 Å². The summed E-state index contributed by atoms with van der Waals surface area (Å²) in [6, 6.07) is 5.88. The minimum Gasteiger partial charge on any atom is -0.379 e. The first kappa shape index (κ1) is 13.6. The van der Waals surface area contributed by atoms with Crippen LogP contribution in [0, 0.1) is 10.1 Å². The number of hydrogen-bond donors (Lipinski definition) is 0. The van der Waals surface area contributed by atoms with Gasteiger partial charge in [-0.15, -0.1) is 0 Å². The van der Waals surface area contributed by atoms with Crippen molar-refractivity contribution in [1.29, 1.82) is 0 Å². The number of nitro groups is 1. The van der Waals surface area contributed by atoms with Gasteiger partial charge < -0.3 is 4.74 Å². The number of benzene rings is 1. The molecule has 19 heavy (non-hydrogen) atoms. The highest BCUT2D eigenvalue weighted by molar-refractivity contribution is 5.96. The van der Waals surface area contributed by atoms with E-state index in [2.05, 4.69) is 4.90 Å². The van der Waals surface area contributed by atoms with Crippen molar-refractivity contribution in [2.24, 2.45) is 0 Å². The first-order valence-corrected chi connectivity index (χ1v) is 6.24. The van der Waals surface area contributed by atoms with Crippen molar-refractivity contribution in [3.8, 4) is 0 Å². The van der Waals surface area contributed by atoms with Gasteiger partial charge in [0, 0.05) is 43.8 Å². The Kier molecular flexibility index (Phi) is 4.59. The lowest BCUT2D eigenvalue weighted by molar-refractivity contribution is -0.384. The number of hydrogen-bond acceptors (Lipinski definition) is 5. The Balaban J connectivity index is 1.92. The van der Waals surface area contributed by atoms with Gasteiger partial charge in [0.05, 0.1) is 18.1 Å². The molecule has 6 heteroatoms. The Morgan fingerprint density at radius 1 is 1.37 bits per heavy atom. The molecule has 1 aromatic rings. The van der Waals surface area contributed by atoms with E-state index in [1.807, 2.05) is 0 Å². The van der Waals surface area contributed by atoms with E-state index in [1.54, 1.807) is 12.1 Å². The van der Waals surface area contributed by atoms with E-state index in [0.717, 1.165) is 13.1 Å². The highest BCUT2D eigenvalue weighted by Gasteiger charge is 2.14. The first-order valence-electron chi connectivity index (χ1n) is 6.24. The second-order valence-electron chi connectivity index (χ2n) is 4.43. The second kappa shape index (κ2) is 6.40. The van der Waals surface area contributed by atoms with Gasteiger partial charge in [-0.25, -0.2) is 0 Å². The Morgan fingerprint density at radius 3 is 2.79 bits per heavy atom. The predicted octanol–water partition coefficient (Wildman–Crippen LogP) is 1.50. The molecule has 0 amide bonds. The molecule has 1 aliphatic heterocycles. The van der Waals surface area contributed by atoms with Crippen molar-refractivity contribution in [1.82, 2.24) is 4.90 Å². The van der Waals surface area contributed by atoms with Crippen molar-refractivity contribution in [3.63, 3.8) is 0 Å². The smallest absolute Gasteiger partial charge is 0.270 e. The van der Waals surface area contributed by atoms with Crippen LogP contribution in [0.5, 0.6) is 0 Å². The van der Waals surface area contributed by atoms with Gasteiger partial charge in [-0.3, -0.25) is 19.8 Å². The van der Waals surface area contributed by atoms with E-state index in [1.165, 1.54) is 12.1 Å². The fourth-order valence-electron chi connectivity index (χ4n) is 2.02. The van der Waals surface area contributed by atoms with Crippen LogP contribution in [-0.2, 0) is 4.74 Å². The number of nitrogens with zero attached hydrogens (tertiary/aromatic N) is 2. The van der Waals surface area contributed by atoms with Crippen LogP contribution in [0.2, 0.25) is 0 Å². The van der Waals surface area contributed by atoms with Crippen LogP contribution >= 0.6 is 0 Å². The molecular weight excluding hydrogens is 248 g/mol. The minimum absolute atomic E-state index is 0.0442. The van der Waals surface area contributed by atoms with Crippen molar-refractivity contribution in [2.45, 2.75) is 6.42 Å². The molecule has 0 bridgehead atoms. The van der Waals surface area contributed by atoms with Gasteiger partial charge in [0.1, 0.15) is 0 Å². The third-order valence-electron chi connectivity index (χ3n) is 3.14. The fraction of sp³-hybridized carbons (Fsp3) is 0.462. The van der Waals surface area contributed by atoms with Crippen LogP contribution in [0.4, 0.5) is 5.69 Å². The zero-order chi connectivity index (χ0) is 13.7. The third-order valence-corrected chi connectivity index (χ3v) is 3.14. The van der Waals surface area contributed by atoms with Crippen LogP contribution in [0.15, 0.2) is 24.3 Å². The Morgan fingerprint density at radius 2 is 2.11 bits per heavy atom. The molecule has 0 radical (unpaired) electrons. The molecule has 0 unspecified atom stereocenters. The molecule has 102 valence electrons. The fourth-order valence-corrected chi connectivity index (χ4v) is 2.02. The van der Waals surface area contributed by atoms with Crippen LogP contribution < -0.4 is 0 Å². The minimum atomic E-state index is -0.487. The lowest BCUT2D eigenvalue weighted by Gasteiger charge is -2.26. The zero-order valence-electron chi connectivity index (χ0n) is 10.6. The molecule has 0 aliphatic carbocycles. The van der Waals surface area contributed by atoms with Gasteiger partial charge in [-0.2, -0.15) is 0 Å². The number of morpholine rings is 1. The molecule has 6 nitrogen and oxygen atoms in total. The average molecular weight is 264 g/mol. The van der Waals surface area contributed by atoms with Gasteiger partial charge >= 0.3 is 0 Å². The Hall–Kier alpha value is -1.79. The summed E-state index contributed by atoms with van der Waals surface area (Å²) in [5, 5.41) is 10.7. The largest absolute Gasteiger partial charge is 0.379 e. The molecule has 0 N–H and O–H groups in total. The summed E-state index contributed by atoms with van der Waals surface area (Å²) >= 11 is 0. The van der Waals surface area contributed by atoms with E-state index in [4.69, 9.17) is 4.74 Å². The maximum absolute atomic E-state index is 12.0.